The Balaban J connectivity index is 1.43. The Morgan fingerprint density at radius 2 is 1.92 bits per heavy atom. The van der Waals surface area contributed by atoms with E-state index in [0.29, 0.717) is 11.1 Å². The largest absolute Gasteiger partial charge is 0.421 e. The van der Waals surface area contributed by atoms with E-state index >= 15 is 0 Å². The zero-order chi connectivity index (χ0) is 25.3. The molecule has 1 aliphatic heterocycles. The number of para-hydroxylation sites is 1. The van der Waals surface area contributed by atoms with Crippen LogP contribution < -0.4 is 15.6 Å². The number of nitrogen functional groups attached to an aromatic ring is 1. The maximum Gasteiger partial charge on any atom is 0.410 e. The minimum atomic E-state index is -3.95. The third-order valence-corrected chi connectivity index (χ3v) is 7.63. The van der Waals surface area contributed by atoms with E-state index < -0.39 is 38.2 Å². The van der Waals surface area contributed by atoms with E-state index in [2.05, 4.69) is 20.9 Å². The van der Waals surface area contributed by atoms with Gasteiger partial charge in [0, 0.05) is 6.42 Å². The number of halogens is 1. The Labute approximate surface area is 205 Å². The van der Waals surface area contributed by atoms with Crippen LogP contribution in [0.4, 0.5) is 10.2 Å². The van der Waals surface area contributed by atoms with Gasteiger partial charge in [-0.3, -0.25) is 9.09 Å². The van der Waals surface area contributed by atoms with Crippen LogP contribution in [-0.2, 0) is 13.8 Å². The quantitative estimate of drug-likeness (QED) is 0.219. The highest BCUT2D eigenvalue weighted by Crippen LogP contribution is 2.49. The van der Waals surface area contributed by atoms with Crippen molar-refractivity contribution in [1.82, 2.24) is 19.5 Å². The minimum absolute atomic E-state index is 0.000270. The van der Waals surface area contributed by atoms with Gasteiger partial charge in [0.15, 0.2) is 22.6 Å². The van der Waals surface area contributed by atoms with Gasteiger partial charge in [0.2, 0.25) is 0 Å². The summed E-state index contributed by atoms with van der Waals surface area (Å²) in [6.45, 7) is -0.460. The Hall–Kier alpha value is -3.81. The van der Waals surface area contributed by atoms with Crippen molar-refractivity contribution in [3.8, 4) is 18.1 Å². The monoisotopic (exact) mass is 509 g/mol. The fourth-order valence-corrected chi connectivity index (χ4v) is 5.52. The lowest BCUT2D eigenvalue weighted by atomic mass is 9.99. The molecule has 0 spiro atoms. The lowest BCUT2D eigenvalue weighted by Crippen LogP contribution is -2.42. The Morgan fingerprint density at radius 3 is 2.61 bits per heavy atom. The number of aliphatic hydroxyl groups is 1. The predicted molar refractivity (Wildman–Crippen MR) is 129 cm³/mol. The van der Waals surface area contributed by atoms with Gasteiger partial charge in [0.25, 0.3) is 0 Å². The zero-order valence-electron chi connectivity index (χ0n) is 18.8. The fourth-order valence-electron chi connectivity index (χ4n) is 3.91. The molecule has 0 amide bonds. The highest BCUT2D eigenvalue weighted by molar-refractivity contribution is 7.62. The molecule has 12 heteroatoms. The van der Waals surface area contributed by atoms with Gasteiger partial charge < -0.3 is 20.1 Å². The molecule has 3 heterocycles. The molecule has 10 nitrogen and oxygen atoms in total. The summed E-state index contributed by atoms with van der Waals surface area (Å²) in [5.41, 5.74) is 4.30. The van der Waals surface area contributed by atoms with Crippen LogP contribution in [0.1, 0.15) is 12.6 Å². The van der Waals surface area contributed by atoms with Gasteiger partial charge in [-0.1, -0.05) is 42.3 Å². The van der Waals surface area contributed by atoms with Crippen molar-refractivity contribution in [3.05, 3.63) is 73.1 Å². The summed E-state index contributed by atoms with van der Waals surface area (Å²) in [7, 11) is -3.95. The normalized spacial score (nSPS) is 23.2. The molecule has 1 unspecified atom stereocenters. The average Bonchev–Trinajstić information content (AvgIpc) is 3.45. The average molecular weight is 509 g/mol. The fraction of sp³-hybridized carbons (Fsp3) is 0.208. The molecule has 5 rings (SSSR count). The van der Waals surface area contributed by atoms with Crippen LogP contribution in [0.3, 0.4) is 0 Å². The molecule has 0 saturated carbocycles. The number of nitrogens with zero attached hydrogens (tertiary/aromatic N) is 4. The molecule has 4 aromatic rings. The first-order chi connectivity index (χ1) is 17.3. The summed E-state index contributed by atoms with van der Waals surface area (Å²) in [5.74, 6) is 2.63. The number of nitrogens with two attached hydrogens (primary N) is 1. The first kappa shape index (κ1) is 23.9. The number of ether oxygens (including phenoxy) is 1. The molecule has 0 aliphatic carbocycles. The van der Waals surface area contributed by atoms with Crippen LogP contribution in [0, 0.1) is 18.4 Å². The molecular weight excluding hydrogens is 488 g/mol. The summed E-state index contributed by atoms with van der Waals surface area (Å²) in [5, 5.41) is 11.2. The third kappa shape index (κ3) is 4.32. The van der Waals surface area contributed by atoms with Gasteiger partial charge >= 0.3 is 13.7 Å². The predicted octanol–water partition coefficient (Wildman–Crippen LogP) is 2.81. The number of terminal acetylenes is 1. The van der Waals surface area contributed by atoms with Crippen molar-refractivity contribution in [1.29, 1.82) is 0 Å². The molecule has 1 fully saturated rings. The molecule has 36 heavy (non-hydrogen) atoms. The van der Waals surface area contributed by atoms with Gasteiger partial charge in [-0.2, -0.15) is 14.4 Å². The van der Waals surface area contributed by atoms with E-state index in [9.17, 15) is 14.1 Å². The summed E-state index contributed by atoms with van der Waals surface area (Å²) in [4.78, 5) is 11.3. The molecule has 1 saturated heterocycles. The number of fused-ring (bicyclic) bond motifs is 1. The highest BCUT2D eigenvalue weighted by atomic mass is 31.2. The zero-order valence-corrected chi connectivity index (χ0v) is 19.7. The second kappa shape index (κ2) is 9.33. The van der Waals surface area contributed by atoms with Gasteiger partial charge in [-0.15, -0.1) is 6.42 Å². The molecule has 3 N–H and O–H groups in total. The van der Waals surface area contributed by atoms with E-state index in [4.69, 9.17) is 25.9 Å². The van der Waals surface area contributed by atoms with E-state index in [1.807, 2.05) is 0 Å². The van der Waals surface area contributed by atoms with E-state index in [1.165, 1.54) is 10.9 Å². The molecule has 2 aromatic heterocycles. The van der Waals surface area contributed by atoms with Crippen molar-refractivity contribution < 1.29 is 27.8 Å². The number of benzene rings is 2. The molecular formula is C24H21FN5O5P. The van der Waals surface area contributed by atoms with Gasteiger partial charge in [-0.25, -0.2) is 9.55 Å². The molecule has 1 aliphatic rings. The second-order valence-electron chi connectivity index (χ2n) is 8.07. The number of aliphatic hydroxyl groups excluding tert-OH is 1. The van der Waals surface area contributed by atoms with Crippen molar-refractivity contribution in [2.24, 2.45) is 0 Å². The second-order valence-corrected chi connectivity index (χ2v) is 10.0. The number of rotatable bonds is 7. The Bertz CT molecular complexity index is 1480. The maximum absolute atomic E-state index is 13.9. The van der Waals surface area contributed by atoms with Gasteiger partial charge in [0.1, 0.15) is 24.7 Å². The van der Waals surface area contributed by atoms with E-state index in [1.54, 1.807) is 60.7 Å². The maximum atomic E-state index is 13.9. The topological polar surface area (TPSA) is 135 Å². The SMILES string of the molecule is C#C[C@]1(COP(=O)(Oc2ccccc2)c2ccccc2)O[C@@H](n2cnc3c(N)nc(F)nc32)C[C@@H]1O. The third-order valence-electron chi connectivity index (χ3n) is 5.78. The lowest BCUT2D eigenvalue weighted by molar-refractivity contribution is -0.0847. The minimum Gasteiger partial charge on any atom is -0.421 e. The van der Waals surface area contributed by atoms with Gasteiger partial charge in [-0.05, 0) is 24.3 Å². The van der Waals surface area contributed by atoms with Crippen LogP contribution in [-0.4, -0.2) is 42.9 Å². The van der Waals surface area contributed by atoms with Gasteiger partial charge in [0.05, 0.1) is 11.6 Å². The highest BCUT2D eigenvalue weighted by Gasteiger charge is 2.50. The first-order valence-corrected chi connectivity index (χ1v) is 12.4. The molecule has 184 valence electrons. The number of anilines is 1. The number of imidazole rings is 1. The Morgan fingerprint density at radius 1 is 1.22 bits per heavy atom. The van der Waals surface area contributed by atoms with Crippen LogP contribution in [0.25, 0.3) is 11.2 Å². The smallest absolute Gasteiger partial charge is 0.410 e. The summed E-state index contributed by atoms with van der Waals surface area (Å²) in [6.07, 6.45) is 3.98. The van der Waals surface area contributed by atoms with Crippen LogP contribution >= 0.6 is 7.60 Å². The van der Waals surface area contributed by atoms with Crippen LogP contribution in [0.5, 0.6) is 5.75 Å². The number of aromatic nitrogens is 4. The molecule has 0 radical (unpaired) electrons. The molecule has 0 bridgehead atoms. The summed E-state index contributed by atoms with van der Waals surface area (Å²) >= 11 is 0. The number of hydrogen-bond acceptors (Lipinski definition) is 9. The summed E-state index contributed by atoms with van der Waals surface area (Å²) < 4.78 is 46.8. The van der Waals surface area contributed by atoms with E-state index in [0.717, 1.165) is 0 Å². The first-order valence-electron chi connectivity index (χ1n) is 10.9. The van der Waals surface area contributed by atoms with Crippen LogP contribution in [0.15, 0.2) is 67.0 Å². The van der Waals surface area contributed by atoms with Crippen molar-refractivity contribution >= 4 is 29.9 Å². The van der Waals surface area contributed by atoms with E-state index in [-0.39, 0.29) is 23.4 Å². The summed E-state index contributed by atoms with van der Waals surface area (Å²) in [6, 6.07) is 16.9. The van der Waals surface area contributed by atoms with Crippen molar-refractivity contribution in [2.75, 3.05) is 12.3 Å². The van der Waals surface area contributed by atoms with Crippen molar-refractivity contribution in [3.63, 3.8) is 0 Å². The Kier molecular flexibility index (Phi) is 6.20. The molecule has 2 aromatic carbocycles. The standard InChI is InChI=1S/C24H21FN5O5P/c1-2-24(14-33-36(32,17-11-7-4-8-12-17)35-16-9-5-3-6-10-16)18(31)13-19(34-24)30-15-27-20-21(26)28-23(25)29-22(20)30/h1,3-12,15,18-19,31H,13-14H2,(H2,26,28,29)/t18-,19+,24+,36?/m0/s1. The van der Waals surface area contributed by atoms with Crippen LogP contribution in [0.2, 0.25) is 0 Å². The lowest BCUT2D eigenvalue weighted by Gasteiger charge is -2.29. The number of hydrogen-bond donors (Lipinski definition) is 2. The van der Waals surface area contributed by atoms with Crippen molar-refractivity contribution in [2.45, 2.75) is 24.4 Å². The molecule has 4 atom stereocenters.